The van der Waals surface area contributed by atoms with E-state index in [9.17, 15) is 0 Å². The first-order valence-corrected chi connectivity index (χ1v) is 7.04. The molecule has 2 nitrogen and oxygen atoms in total. The van der Waals surface area contributed by atoms with Crippen LogP contribution in [0.25, 0.3) is 0 Å². The minimum Gasteiger partial charge on any atom is -0.329 e. The van der Waals surface area contributed by atoms with Crippen LogP contribution in [0.15, 0.2) is 0 Å². The molecule has 2 N–H and O–H groups in total. The second kappa shape index (κ2) is 6.02. The lowest BCUT2D eigenvalue weighted by atomic mass is 9.71. The molecule has 2 heteroatoms. The van der Waals surface area contributed by atoms with Gasteiger partial charge < -0.3 is 5.73 Å². The number of nitrogens with two attached hydrogens (primary N) is 1. The van der Waals surface area contributed by atoms with Crippen molar-refractivity contribution in [1.82, 2.24) is 4.90 Å². The van der Waals surface area contributed by atoms with Gasteiger partial charge in [0.15, 0.2) is 0 Å². The second-order valence-corrected chi connectivity index (χ2v) is 5.70. The van der Waals surface area contributed by atoms with Crippen molar-refractivity contribution in [3.63, 3.8) is 0 Å². The predicted molar refractivity (Wildman–Crippen MR) is 71.5 cm³/mol. The fraction of sp³-hybridized carbons (Fsp3) is 1.00. The summed E-state index contributed by atoms with van der Waals surface area (Å²) < 4.78 is 0. The minimum atomic E-state index is 0.302. The number of hydrogen-bond acceptors (Lipinski definition) is 2. The normalized spacial score (nSPS) is 31.3. The molecule has 2 unspecified atom stereocenters. The third kappa shape index (κ3) is 2.78. The molecule has 1 aliphatic rings. The molecule has 2 atom stereocenters. The van der Waals surface area contributed by atoms with Crippen molar-refractivity contribution in [2.45, 2.75) is 58.9 Å². The van der Waals surface area contributed by atoms with Crippen LogP contribution in [0, 0.1) is 11.8 Å². The van der Waals surface area contributed by atoms with E-state index >= 15 is 0 Å². The Morgan fingerprint density at radius 2 is 1.94 bits per heavy atom. The Hall–Kier alpha value is -0.0800. The molecule has 0 aromatic heterocycles. The van der Waals surface area contributed by atoms with Gasteiger partial charge >= 0.3 is 0 Å². The van der Waals surface area contributed by atoms with E-state index in [4.69, 9.17) is 5.73 Å². The third-order valence-electron chi connectivity index (χ3n) is 4.62. The van der Waals surface area contributed by atoms with E-state index in [0.29, 0.717) is 5.54 Å². The largest absolute Gasteiger partial charge is 0.329 e. The monoisotopic (exact) mass is 226 g/mol. The molecule has 96 valence electrons. The van der Waals surface area contributed by atoms with Crippen LogP contribution in [0.4, 0.5) is 0 Å². The molecule has 1 aliphatic carbocycles. The molecule has 16 heavy (non-hydrogen) atoms. The van der Waals surface area contributed by atoms with E-state index in [1.807, 2.05) is 0 Å². The van der Waals surface area contributed by atoms with Crippen LogP contribution in [0.2, 0.25) is 0 Å². The molecular formula is C14H30N2. The van der Waals surface area contributed by atoms with Crippen LogP contribution in [0.5, 0.6) is 0 Å². The van der Waals surface area contributed by atoms with Crippen LogP contribution >= 0.6 is 0 Å². The molecule has 0 bridgehead atoms. The molecule has 1 saturated carbocycles. The highest BCUT2D eigenvalue weighted by Gasteiger charge is 2.39. The van der Waals surface area contributed by atoms with E-state index in [1.165, 1.54) is 25.7 Å². The van der Waals surface area contributed by atoms with Crippen molar-refractivity contribution in [3.8, 4) is 0 Å². The fourth-order valence-corrected chi connectivity index (χ4v) is 3.45. The Morgan fingerprint density at radius 1 is 1.31 bits per heavy atom. The Balaban J connectivity index is 2.77. The summed E-state index contributed by atoms with van der Waals surface area (Å²) in [6, 6.07) is 0. The minimum absolute atomic E-state index is 0.302. The first kappa shape index (κ1) is 14.0. The van der Waals surface area contributed by atoms with Gasteiger partial charge in [0.25, 0.3) is 0 Å². The Kier molecular flexibility index (Phi) is 5.26. The second-order valence-electron chi connectivity index (χ2n) is 5.70. The van der Waals surface area contributed by atoms with E-state index in [2.05, 4.69) is 32.6 Å². The van der Waals surface area contributed by atoms with Crippen LogP contribution in [0.1, 0.15) is 53.4 Å². The summed E-state index contributed by atoms with van der Waals surface area (Å²) >= 11 is 0. The molecule has 0 heterocycles. The first-order chi connectivity index (χ1) is 7.59. The number of rotatable bonds is 5. The maximum absolute atomic E-state index is 6.11. The van der Waals surface area contributed by atoms with Gasteiger partial charge in [-0.1, -0.05) is 40.5 Å². The zero-order valence-electron chi connectivity index (χ0n) is 11.6. The zero-order valence-corrected chi connectivity index (χ0v) is 11.6. The quantitative estimate of drug-likeness (QED) is 0.781. The summed E-state index contributed by atoms with van der Waals surface area (Å²) in [7, 11) is 0. The van der Waals surface area contributed by atoms with Crippen LogP contribution in [0.3, 0.4) is 0 Å². The predicted octanol–water partition coefficient (Wildman–Crippen LogP) is 2.87. The lowest BCUT2D eigenvalue weighted by Crippen LogP contribution is -2.56. The lowest BCUT2D eigenvalue weighted by molar-refractivity contribution is 0.0330. The average molecular weight is 226 g/mol. The topological polar surface area (TPSA) is 29.3 Å². The van der Waals surface area contributed by atoms with Crippen molar-refractivity contribution < 1.29 is 0 Å². The highest BCUT2D eigenvalue weighted by Crippen LogP contribution is 2.39. The van der Waals surface area contributed by atoms with E-state index in [0.717, 1.165) is 31.5 Å². The number of nitrogens with zero attached hydrogens (tertiary/aromatic N) is 1. The first-order valence-electron chi connectivity index (χ1n) is 7.04. The molecular weight excluding hydrogens is 196 g/mol. The molecule has 0 aliphatic heterocycles. The molecule has 0 aromatic carbocycles. The van der Waals surface area contributed by atoms with Crippen molar-refractivity contribution in [2.75, 3.05) is 19.6 Å². The Bertz CT molecular complexity index is 199. The van der Waals surface area contributed by atoms with Gasteiger partial charge in [-0.2, -0.15) is 0 Å². The SMILES string of the molecule is CCN(CC)C1(CN)CCCC(C(C)C)C1. The summed E-state index contributed by atoms with van der Waals surface area (Å²) in [5.41, 5.74) is 6.41. The third-order valence-corrected chi connectivity index (χ3v) is 4.62. The molecule has 0 radical (unpaired) electrons. The van der Waals surface area contributed by atoms with Gasteiger partial charge in [-0.3, -0.25) is 4.90 Å². The van der Waals surface area contributed by atoms with Gasteiger partial charge in [0.1, 0.15) is 0 Å². The molecule has 0 saturated heterocycles. The van der Waals surface area contributed by atoms with E-state index < -0.39 is 0 Å². The smallest absolute Gasteiger partial charge is 0.0334 e. The summed E-state index contributed by atoms with van der Waals surface area (Å²) in [5.74, 6) is 1.68. The highest BCUT2D eigenvalue weighted by molar-refractivity contribution is 4.96. The summed E-state index contributed by atoms with van der Waals surface area (Å²) in [4.78, 5) is 2.60. The highest BCUT2D eigenvalue weighted by atomic mass is 15.2. The molecule has 0 amide bonds. The average Bonchev–Trinajstić information content (AvgIpc) is 2.30. The number of likely N-dealkylation sites (N-methyl/N-ethyl adjacent to an activating group) is 1. The van der Waals surface area contributed by atoms with Crippen LogP contribution in [-0.4, -0.2) is 30.1 Å². The maximum atomic E-state index is 6.11. The molecule has 0 aromatic rings. The standard InChI is InChI=1S/C14H30N2/c1-5-16(6-2)14(11-15)9-7-8-13(10-14)12(3)4/h12-13H,5-11,15H2,1-4H3. The van der Waals surface area contributed by atoms with Crippen molar-refractivity contribution in [1.29, 1.82) is 0 Å². The molecule has 1 rings (SSSR count). The van der Waals surface area contributed by atoms with Gasteiger partial charge in [0.05, 0.1) is 0 Å². The summed E-state index contributed by atoms with van der Waals surface area (Å²) in [5, 5.41) is 0. The lowest BCUT2D eigenvalue weighted by Gasteiger charge is -2.48. The van der Waals surface area contributed by atoms with Gasteiger partial charge in [-0.15, -0.1) is 0 Å². The van der Waals surface area contributed by atoms with E-state index in [-0.39, 0.29) is 0 Å². The van der Waals surface area contributed by atoms with Crippen LogP contribution in [-0.2, 0) is 0 Å². The van der Waals surface area contributed by atoms with Crippen molar-refractivity contribution in [2.24, 2.45) is 17.6 Å². The summed E-state index contributed by atoms with van der Waals surface area (Å²) in [6.07, 6.45) is 5.37. The van der Waals surface area contributed by atoms with Gasteiger partial charge in [-0.25, -0.2) is 0 Å². The van der Waals surface area contributed by atoms with Gasteiger partial charge in [0, 0.05) is 12.1 Å². The molecule has 0 spiro atoms. The van der Waals surface area contributed by atoms with Crippen molar-refractivity contribution in [3.05, 3.63) is 0 Å². The van der Waals surface area contributed by atoms with Crippen LogP contribution < -0.4 is 5.73 Å². The maximum Gasteiger partial charge on any atom is 0.0334 e. The Labute approximate surface area is 102 Å². The van der Waals surface area contributed by atoms with Crippen molar-refractivity contribution >= 4 is 0 Å². The summed E-state index contributed by atoms with van der Waals surface area (Å²) in [6.45, 7) is 12.4. The fourth-order valence-electron chi connectivity index (χ4n) is 3.45. The number of hydrogen-bond donors (Lipinski definition) is 1. The molecule has 1 fully saturated rings. The van der Waals surface area contributed by atoms with E-state index in [1.54, 1.807) is 0 Å². The Morgan fingerprint density at radius 3 is 2.38 bits per heavy atom. The van der Waals surface area contributed by atoms with Gasteiger partial charge in [0.2, 0.25) is 0 Å². The zero-order chi connectivity index (χ0) is 12.2. The van der Waals surface area contributed by atoms with Gasteiger partial charge in [-0.05, 0) is 37.8 Å².